The first kappa shape index (κ1) is 12.2. The number of carbonyl (C=O) groups excluding carboxylic acids is 1. The van der Waals surface area contributed by atoms with Crippen LogP contribution in [0, 0.1) is 6.92 Å². The van der Waals surface area contributed by atoms with Crippen molar-refractivity contribution in [2.75, 3.05) is 13.1 Å². The molecule has 1 atom stereocenters. The third-order valence-corrected chi connectivity index (χ3v) is 3.37. The van der Waals surface area contributed by atoms with Gasteiger partial charge in [-0.2, -0.15) is 0 Å². The number of nitrogens with zero attached hydrogens (tertiary/aromatic N) is 1. The topological polar surface area (TPSA) is 67.2 Å². The van der Waals surface area contributed by atoms with Gasteiger partial charge in [0.2, 0.25) is 0 Å². The smallest absolute Gasteiger partial charge is 0.287 e. The zero-order chi connectivity index (χ0) is 13.2. The van der Waals surface area contributed by atoms with Crippen LogP contribution >= 0.6 is 0 Å². The summed E-state index contributed by atoms with van der Waals surface area (Å²) in [6, 6.07) is 5.60. The highest BCUT2D eigenvalue weighted by Crippen LogP contribution is 2.18. The molecule has 1 fully saturated rings. The number of hydrogen-bond donors (Lipinski definition) is 2. The molecule has 100 valence electrons. The van der Waals surface area contributed by atoms with Gasteiger partial charge in [0.15, 0.2) is 11.3 Å². The molecular formula is C14H17N3O2. The number of carbonyl (C=O) groups is 1. The molecule has 0 spiro atoms. The monoisotopic (exact) mass is 259 g/mol. The zero-order valence-corrected chi connectivity index (χ0v) is 10.9. The van der Waals surface area contributed by atoms with Gasteiger partial charge in [-0.1, -0.05) is 0 Å². The third kappa shape index (κ3) is 2.61. The van der Waals surface area contributed by atoms with Crippen LogP contribution in [-0.2, 0) is 0 Å². The molecule has 0 radical (unpaired) electrons. The summed E-state index contributed by atoms with van der Waals surface area (Å²) < 4.78 is 5.53. The third-order valence-electron chi connectivity index (χ3n) is 3.37. The van der Waals surface area contributed by atoms with E-state index in [9.17, 15) is 4.79 Å². The van der Waals surface area contributed by atoms with Gasteiger partial charge in [0.05, 0.1) is 0 Å². The van der Waals surface area contributed by atoms with E-state index >= 15 is 0 Å². The number of hydrogen-bond acceptors (Lipinski definition) is 4. The minimum Gasteiger partial charge on any atom is -0.449 e. The van der Waals surface area contributed by atoms with Crippen molar-refractivity contribution in [2.45, 2.75) is 25.8 Å². The molecule has 2 aromatic heterocycles. The number of aryl methyl sites for hydroxylation is 1. The highest BCUT2D eigenvalue weighted by molar-refractivity contribution is 5.95. The van der Waals surface area contributed by atoms with Gasteiger partial charge in [0.1, 0.15) is 5.52 Å². The molecule has 3 rings (SSSR count). The lowest BCUT2D eigenvalue weighted by Gasteiger charge is -2.23. The molecule has 0 aromatic carbocycles. The van der Waals surface area contributed by atoms with Gasteiger partial charge in [-0.3, -0.25) is 4.79 Å². The van der Waals surface area contributed by atoms with Crippen LogP contribution in [0.1, 0.15) is 29.1 Å². The normalized spacial score (nSPS) is 19.5. The zero-order valence-electron chi connectivity index (χ0n) is 10.9. The van der Waals surface area contributed by atoms with Crippen molar-refractivity contribution in [1.29, 1.82) is 0 Å². The van der Waals surface area contributed by atoms with Crippen molar-refractivity contribution in [2.24, 2.45) is 0 Å². The molecular weight excluding hydrogens is 242 g/mol. The Morgan fingerprint density at radius 2 is 2.42 bits per heavy atom. The maximum Gasteiger partial charge on any atom is 0.287 e. The minimum absolute atomic E-state index is 0.163. The summed E-state index contributed by atoms with van der Waals surface area (Å²) in [5.41, 5.74) is 2.29. The average Bonchev–Trinajstić information content (AvgIpc) is 2.83. The number of nitrogens with one attached hydrogen (secondary N) is 2. The standard InChI is InChI=1S/C14H17N3O2/c1-9-4-5-12-11(16-9)7-13(19-12)14(18)17-10-3-2-6-15-8-10/h4-5,7,10,15H,2-3,6,8H2,1H3,(H,17,18)/t10-/m0/s1. The first-order valence-corrected chi connectivity index (χ1v) is 6.61. The fraction of sp³-hybridized carbons (Fsp3) is 0.429. The highest BCUT2D eigenvalue weighted by Gasteiger charge is 2.19. The predicted octanol–water partition coefficient (Wildman–Crippen LogP) is 1.62. The van der Waals surface area contributed by atoms with E-state index in [1.54, 1.807) is 6.07 Å². The van der Waals surface area contributed by atoms with E-state index in [4.69, 9.17) is 4.42 Å². The van der Waals surface area contributed by atoms with E-state index in [1.165, 1.54) is 0 Å². The average molecular weight is 259 g/mol. The van der Waals surface area contributed by atoms with Gasteiger partial charge in [-0.15, -0.1) is 0 Å². The van der Waals surface area contributed by atoms with Gasteiger partial charge < -0.3 is 15.1 Å². The summed E-state index contributed by atoms with van der Waals surface area (Å²) >= 11 is 0. The van der Waals surface area contributed by atoms with Crippen LogP contribution < -0.4 is 10.6 Å². The number of furan rings is 1. The number of rotatable bonds is 2. The first-order valence-electron chi connectivity index (χ1n) is 6.61. The first-order chi connectivity index (χ1) is 9.22. The maximum atomic E-state index is 12.1. The predicted molar refractivity (Wildman–Crippen MR) is 72.1 cm³/mol. The van der Waals surface area contributed by atoms with E-state index in [2.05, 4.69) is 15.6 Å². The molecule has 1 aliphatic rings. The molecule has 0 aliphatic carbocycles. The second-order valence-corrected chi connectivity index (χ2v) is 4.96. The number of fused-ring (bicyclic) bond motifs is 1. The van der Waals surface area contributed by atoms with Crippen molar-refractivity contribution in [3.05, 3.63) is 29.7 Å². The summed E-state index contributed by atoms with van der Waals surface area (Å²) in [4.78, 5) is 16.4. The Morgan fingerprint density at radius 1 is 1.53 bits per heavy atom. The summed E-state index contributed by atoms with van der Waals surface area (Å²) in [7, 11) is 0. The second-order valence-electron chi connectivity index (χ2n) is 4.96. The fourth-order valence-corrected chi connectivity index (χ4v) is 2.37. The Morgan fingerprint density at radius 3 is 3.21 bits per heavy atom. The number of aromatic nitrogens is 1. The van der Waals surface area contributed by atoms with E-state index < -0.39 is 0 Å². The number of amides is 1. The molecule has 2 aromatic rings. The van der Waals surface area contributed by atoms with Crippen molar-refractivity contribution >= 4 is 17.0 Å². The highest BCUT2D eigenvalue weighted by atomic mass is 16.3. The van der Waals surface area contributed by atoms with Gasteiger partial charge in [0, 0.05) is 24.3 Å². The molecule has 0 saturated carbocycles. The molecule has 1 amide bonds. The van der Waals surface area contributed by atoms with Crippen molar-refractivity contribution < 1.29 is 9.21 Å². The van der Waals surface area contributed by atoms with Crippen LogP contribution in [-0.4, -0.2) is 30.0 Å². The van der Waals surface area contributed by atoms with Crippen LogP contribution in [0.5, 0.6) is 0 Å². The molecule has 2 N–H and O–H groups in total. The molecule has 1 saturated heterocycles. The largest absolute Gasteiger partial charge is 0.449 e. The Balaban J connectivity index is 1.77. The van der Waals surface area contributed by atoms with Crippen LogP contribution in [0.25, 0.3) is 11.1 Å². The Bertz CT molecular complexity index is 600. The molecule has 0 bridgehead atoms. The van der Waals surface area contributed by atoms with E-state index in [0.29, 0.717) is 11.3 Å². The molecule has 1 aliphatic heterocycles. The van der Waals surface area contributed by atoms with Crippen molar-refractivity contribution in [1.82, 2.24) is 15.6 Å². The van der Waals surface area contributed by atoms with Crippen LogP contribution in [0.3, 0.4) is 0 Å². The van der Waals surface area contributed by atoms with Gasteiger partial charge in [0.25, 0.3) is 5.91 Å². The van der Waals surface area contributed by atoms with E-state index in [0.717, 1.165) is 37.1 Å². The van der Waals surface area contributed by atoms with Crippen LogP contribution in [0.4, 0.5) is 0 Å². The summed E-state index contributed by atoms with van der Waals surface area (Å²) in [5.74, 6) is 0.169. The Labute approximate surface area is 111 Å². The fourth-order valence-electron chi connectivity index (χ4n) is 2.37. The Kier molecular flexibility index (Phi) is 3.21. The summed E-state index contributed by atoms with van der Waals surface area (Å²) in [6.07, 6.45) is 2.10. The van der Waals surface area contributed by atoms with Gasteiger partial charge >= 0.3 is 0 Å². The van der Waals surface area contributed by atoms with E-state index in [1.807, 2.05) is 19.1 Å². The second kappa shape index (κ2) is 5.01. The molecule has 3 heterocycles. The van der Waals surface area contributed by atoms with Gasteiger partial charge in [-0.05, 0) is 38.4 Å². The van der Waals surface area contributed by atoms with Crippen LogP contribution in [0.2, 0.25) is 0 Å². The lowest BCUT2D eigenvalue weighted by atomic mass is 10.1. The molecule has 0 unspecified atom stereocenters. The lowest BCUT2D eigenvalue weighted by molar-refractivity contribution is 0.0905. The van der Waals surface area contributed by atoms with Crippen molar-refractivity contribution in [3.8, 4) is 0 Å². The lowest BCUT2D eigenvalue weighted by Crippen LogP contribution is -2.45. The SMILES string of the molecule is Cc1ccc2oc(C(=O)N[C@H]3CCCNC3)cc2n1. The van der Waals surface area contributed by atoms with Gasteiger partial charge in [-0.25, -0.2) is 4.98 Å². The summed E-state index contributed by atoms with van der Waals surface area (Å²) in [5, 5.41) is 6.26. The summed E-state index contributed by atoms with van der Waals surface area (Å²) in [6.45, 7) is 3.77. The minimum atomic E-state index is -0.163. The van der Waals surface area contributed by atoms with E-state index in [-0.39, 0.29) is 11.9 Å². The maximum absolute atomic E-state index is 12.1. The molecule has 19 heavy (non-hydrogen) atoms. The number of piperidine rings is 1. The molecule has 5 nitrogen and oxygen atoms in total. The number of pyridine rings is 1. The quantitative estimate of drug-likeness (QED) is 0.860. The Hall–Kier alpha value is -1.88. The molecule has 5 heteroatoms. The van der Waals surface area contributed by atoms with Crippen LogP contribution in [0.15, 0.2) is 22.6 Å². The van der Waals surface area contributed by atoms with Crippen molar-refractivity contribution in [3.63, 3.8) is 0 Å².